The van der Waals surface area contributed by atoms with E-state index >= 15 is 0 Å². The third kappa shape index (κ3) is 33.4. The first-order valence-corrected chi connectivity index (χ1v) is 11.4. The number of nitrogens with two attached hydrogens (primary N) is 3. The Morgan fingerprint density at radius 2 is 1.07 bits per heavy atom. The molecule has 0 unspecified atom stereocenters. The first-order chi connectivity index (χ1) is 13.0. The Labute approximate surface area is 169 Å². The van der Waals surface area contributed by atoms with Gasteiger partial charge >= 0.3 is 0 Å². The summed E-state index contributed by atoms with van der Waals surface area (Å²) in [6.45, 7) is 7.76. The van der Waals surface area contributed by atoms with Gasteiger partial charge in [-0.2, -0.15) is 0 Å². The van der Waals surface area contributed by atoms with E-state index in [1.807, 2.05) is 0 Å². The molecule has 0 rings (SSSR count). The second kappa shape index (κ2) is 25.4. The van der Waals surface area contributed by atoms with Gasteiger partial charge in [0.25, 0.3) is 0 Å². The number of nitrogens with one attached hydrogen (secondary N) is 1. The highest BCUT2D eigenvalue weighted by molar-refractivity contribution is 5.73. The summed E-state index contributed by atoms with van der Waals surface area (Å²) in [7, 11) is 0. The number of hydrogen-bond donors (Lipinski definition) is 4. The number of hydrogen-bond acceptors (Lipinski definition) is 4. The topological polar surface area (TPSA) is 107 Å². The summed E-state index contributed by atoms with van der Waals surface area (Å²) in [5, 5.41) is 3.03. The molecule has 0 bridgehead atoms. The second-order valence-electron chi connectivity index (χ2n) is 7.97. The quantitative estimate of drug-likeness (QED) is 0.251. The molecule has 0 saturated heterocycles. The number of unbranched alkanes of at least 4 members (excludes halogenated alkanes) is 11. The van der Waals surface area contributed by atoms with Crippen LogP contribution >= 0.6 is 0 Å². The van der Waals surface area contributed by atoms with Crippen molar-refractivity contribution in [3.05, 3.63) is 0 Å². The van der Waals surface area contributed by atoms with E-state index in [0.717, 1.165) is 25.4 Å². The lowest BCUT2D eigenvalue weighted by atomic mass is 10.0. The van der Waals surface area contributed by atoms with Crippen LogP contribution < -0.4 is 22.5 Å². The molecule has 0 spiro atoms. The van der Waals surface area contributed by atoms with Crippen LogP contribution in [0.5, 0.6) is 0 Å². The van der Waals surface area contributed by atoms with Crippen molar-refractivity contribution in [1.29, 1.82) is 0 Å². The summed E-state index contributed by atoms with van der Waals surface area (Å²) in [5.41, 5.74) is 15.4. The van der Waals surface area contributed by atoms with E-state index in [1.54, 1.807) is 0 Å². The fourth-order valence-corrected chi connectivity index (χ4v) is 2.95. The van der Waals surface area contributed by atoms with E-state index in [0.29, 0.717) is 19.5 Å². The van der Waals surface area contributed by atoms with Gasteiger partial charge in [-0.25, -0.2) is 0 Å². The highest BCUT2D eigenvalue weighted by Gasteiger charge is 1.96. The lowest BCUT2D eigenvalue weighted by Crippen LogP contribution is -2.27. The molecule has 0 aliphatic heterocycles. The van der Waals surface area contributed by atoms with Crippen LogP contribution in [-0.2, 0) is 4.79 Å². The Morgan fingerprint density at radius 1 is 0.704 bits per heavy atom. The molecule has 0 aliphatic carbocycles. The van der Waals surface area contributed by atoms with Crippen LogP contribution in [0.3, 0.4) is 0 Å². The van der Waals surface area contributed by atoms with Gasteiger partial charge in [0, 0.05) is 32.6 Å². The molecule has 164 valence electrons. The van der Waals surface area contributed by atoms with Crippen molar-refractivity contribution in [2.45, 2.75) is 104 Å². The Hall–Kier alpha value is -0.650. The van der Waals surface area contributed by atoms with Gasteiger partial charge in [0.2, 0.25) is 5.91 Å². The minimum absolute atomic E-state index is 0.154. The maximum Gasteiger partial charge on any atom is 0.217 e. The molecule has 27 heavy (non-hydrogen) atoms. The van der Waals surface area contributed by atoms with Crippen LogP contribution in [0.2, 0.25) is 0 Å². The van der Waals surface area contributed by atoms with Crippen LogP contribution in [0.1, 0.15) is 104 Å². The fraction of sp³-hybridized carbons (Fsp3) is 0.955. The number of carbonyl (C=O) groups is 1. The molecule has 7 N–H and O–H groups in total. The molecule has 0 atom stereocenters. The summed E-state index contributed by atoms with van der Waals surface area (Å²) in [5.74, 6) is 0.719. The molecule has 0 saturated carbocycles. The molecular formula is C22H50N4O. The molecule has 1 amide bonds. The molecule has 0 fully saturated rings. The summed E-state index contributed by atoms with van der Waals surface area (Å²) in [6.07, 6.45) is 18.0. The van der Waals surface area contributed by atoms with E-state index in [9.17, 15) is 4.79 Å². The fourth-order valence-electron chi connectivity index (χ4n) is 2.95. The van der Waals surface area contributed by atoms with Crippen molar-refractivity contribution in [3.8, 4) is 0 Å². The monoisotopic (exact) mass is 386 g/mol. The zero-order chi connectivity index (χ0) is 20.6. The number of carbonyl (C=O) groups excluding carboxylic acids is 1. The lowest BCUT2D eigenvalue weighted by molar-refractivity contribution is -0.118. The highest BCUT2D eigenvalue weighted by atomic mass is 16.1. The Kier molecular flexibility index (Phi) is 26.8. The van der Waals surface area contributed by atoms with E-state index in [4.69, 9.17) is 17.2 Å². The molecule has 5 nitrogen and oxygen atoms in total. The largest absolute Gasteiger partial charge is 0.370 e. The number of rotatable bonds is 19. The average molecular weight is 387 g/mol. The van der Waals surface area contributed by atoms with Crippen molar-refractivity contribution in [1.82, 2.24) is 5.32 Å². The number of amides is 1. The molecule has 0 aliphatic rings. The third-order valence-electron chi connectivity index (χ3n) is 4.60. The summed E-state index contributed by atoms with van der Waals surface area (Å²) < 4.78 is 0. The molecule has 0 aromatic heterocycles. The van der Waals surface area contributed by atoms with Crippen LogP contribution in [0, 0.1) is 5.92 Å². The average Bonchev–Trinajstić information content (AvgIpc) is 2.62. The zero-order valence-electron chi connectivity index (χ0n) is 18.4. The van der Waals surface area contributed by atoms with Gasteiger partial charge in [-0.1, -0.05) is 90.9 Å². The minimum Gasteiger partial charge on any atom is -0.370 e. The molecule has 0 aromatic carbocycles. The smallest absolute Gasteiger partial charge is 0.217 e. The van der Waals surface area contributed by atoms with Crippen molar-refractivity contribution in [3.63, 3.8) is 0 Å². The van der Waals surface area contributed by atoms with Crippen molar-refractivity contribution in [2.75, 3.05) is 26.2 Å². The van der Waals surface area contributed by atoms with Gasteiger partial charge in [-0.05, 0) is 12.3 Å². The van der Waals surface area contributed by atoms with Crippen LogP contribution in [-0.4, -0.2) is 32.1 Å². The van der Waals surface area contributed by atoms with Crippen molar-refractivity contribution < 1.29 is 4.79 Å². The van der Waals surface area contributed by atoms with Crippen LogP contribution in [0.4, 0.5) is 0 Å². The van der Waals surface area contributed by atoms with Crippen molar-refractivity contribution >= 4 is 5.91 Å². The van der Waals surface area contributed by atoms with E-state index in [2.05, 4.69) is 19.2 Å². The summed E-state index contributed by atoms with van der Waals surface area (Å²) in [4.78, 5) is 10.6. The SMILES string of the molecule is CC(C)CCCCCCCCCCCCCCC(N)=O.NCCNCCN. The predicted octanol–water partition coefficient (Wildman–Crippen LogP) is 4.08. The summed E-state index contributed by atoms with van der Waals surface area (Å²) >= 11 is 0. The predicted molar refractivity (Wildman–Crippen MR) is 120 cm³/mol. The van der Waals surface area contributed by atoms with Gasteiger partial charge < -0.3 is 22.5 Å². The molecular weight excluding hydrogens is 336 g/mol. The van der Waals surface area contributed by atoms with E-state index in [-0.39, 0.29) is 5.91 Å². The third-order valence-corrected chi connectivity index (χ3v) is 4.60. The zero-order valence-corrected chi connectivity index (χ0v) is 18.4. The Morgan fingerprint density at radius 3 is 1.41 bits per heavy atom. The van der Waals surface area contributed by atoms with Crippen molar-refractivity contribution in [2.24, 2.45) is 23.1 Å². The summed E-state index contributed by atoms with van der Waals surface area (Å²) in [6, 6.07) is 0. The van der Waals surface area contributed by atoms with Gasteiger partial charge in [-0.15, -0.1) is 0 Å². The van der Waals surface area contributed by atoms with E-state index < -0.39 is 0 Å². The first kappa shape index (κ1) is 28.6. The standard InChI is InChI=1S/C18H37NO.C4H13N3/c1-17(2)15-13-11-9-7-5-3-4-6-8-10-12-14-16-18(19)20;5-1-3-7-4-2-6/h17H,3-16H2,1-2H3,(H2,19,20);7H,1-6H2. The molecule has 5 heteroatoms. The molecule has 0 aromatic rings. The maximum atomic E-state index is 10.6. The van der Waals surface area contributed by atoms with Crippen LogP contribution in [0.15, 0.2) is 0 Å². The molecule has 0 radical (unpaired) electrons. The number of primary amides is 1. The Balaban J connectivity index is 0. The van der Waals surface area contributed by atoms with Gasteiger partial charge in [0.15, 0.2) is 0 Å². The molecule has 0 heterocycles. The lowest BCUT2D eigenvalue weighted by Gasteiger charge is -2.04. The highest BCUT2D eigenvalue weighted by Crippen LogP contribution is 2.14. The maximum absolute atomic E-state index is 10.6. The second-order valence-corrected chi connectivity index (χ2v) is 7.97. The normalized spacial score (nSPS) is 10.7. The Bertz CT molecular complexity index is 281. The minimum atomic E-state index is -0.154. The van der Waals surface area contributed by atoms with Crippen LogP contribution in [0.25, 0.3) is 0 Å². The van der Waals surface area contributed by atoms with Gasteiger partial charge in [0.05, 0.1) is 0 Å². The van der Waals surface area contributed by atoms with Gasteiger partial charge in [0.1, 0.15) is 0 Å². The first-order valence-electron chi connectivity index (χ1n) is 11.4. The van der Waals surface area contributed by atoms with E-state index in [1.165, 1.54) is 77.0 Å². The van der Waals surface area contributed by atoms with Gasteiger partial charge in [-0.3, -0.25) is 4.79 Å².